The van der Waals surface area contributed by atoms with Gasteiger partial charge in [-0.2, -0.15) is 10.5 Å². The number of nitriles is 2. The smallest absolute Gasteiger partial charge is 0.324 e. The summed E-state index contributed by atoms with van der Waals surface area (Å²) in [5.41, 5.74) is -1.26. The van der Waals surface area contributed by atoms with Crippen molar-refractivity contribution < 1.29 is 28.0 Å². The summed E-state index contributed by atoms with van der Waals surface area (Å²) < 4.78 is 40.6. The standard InChI is InChI=1S/C18H24N2O6P2/c1-5-13(4)26-28(22,23)12-16-8-15(11-20)17(9-14(16)10-19)18(27-21,24-6-2)25-7-3/h8-9,13H,5-7,12H2,1-4H3,(H,22,23)/p+1. The molecule has 1 rings (SSSR count). The molecule has 0 aromatic heterocycles. The van der Waals surface area contributed by atoms with Crippen LogP contribution < -0.4 is 0 Å². The fourth-order valence-electron chi connectivity index (χ4n) is 2.57. The van der Waals surface area contributed by atoms with Gasteiger partial charge in [-0.15, -0.1) is 0 Å². The Morgan fingerprint density at radius 2 is 1.75 bits per heavy atom. The summed E-state index contributed by atoms with van der Waals surface area (Å²) in [6.07, 6.45) is -0.306. The summed E-state index contributed by atoms with van der Waals surface area (Å²) in [6, 6.07) is 6.57. The summed E-state index contributed by atoms with van der Waals surface area (Å²) in [6.45, 7) is 7.20. The Bertz CT molecular complexity index is 825. The molecule has 0 heterocycles. The van der Waals surface area contributed by atoms with Crippen molar-refractivity contribution in [1.82, 2.24) is 0 Å². The molecule has 3 atom stereocenters. The van der Waals surface area contributed by atoms with Crippen molar-refractivity contribution in [3.63, 3.8) is 0 Å². The average Bonchev–Trinajstić information content (AvgIpc) is 2.66. The molecular formula is C18H25N2O6P2+. The van der Waals surface area contributed by atoms with E-state index in [0.717, 1.165) is 0 Å². The Labute approximate surface area is 166 Å². The second kappa shape index (κ2) is 10.8. The third-order valence-corrected chi connectivity index (χ3v) is 6.21. The highest BCUT2D eigenvalue weighted by Gasteiger charge is 2.46. The highest BCUT2D eigenvalue weighted by Crippen LogP contribution is 2.49. The lowest BCUT2D eigenvalue weighted by atomic mass is 9.99. The predicted octanol–water partition coefficient (Wildman–Crippen LogP) is 4.14. The second-order valence-corrected chi connectivity index (χ2v) is 8.65. The van der Waals surface area contributed by atoms with Gasteiger partial charge in [-0.05, 0) is 44.9 Å². The first-order valence-corrected chi connectivity index (χ1v) is 11.5. The van der Waals surface area contributed by atoms with Gasteiger partial charge in [-0.25, -0.2) is 0 Å². The summed E-state index contributed by atoms with van der Waals surface area (Å²) in [5.74, 6) is 0. The zero-order valence-corrected chi connectivity index (χ0v) is 18.3. The lowest BCUT2D eigenvalue weighted by molar-refractivity contribution is -0.176. The van der Waals surface area contributed by atoms with Gasteiger partial charge in [0.05, 0.1) is 54.3 Å². The van der Waals surface area contributed by atoms with Crippen LogP contribution in [0.1, 0.15) is 56.4 Å². The lowest BCUT2D eigenvalue weighted by Gasteiger charge is -2.23. The van der Waals surface area contributed by atoms with Crippen LogP contribution >= 0.6 is 16.1 Å². The number of hydrogen-bond donors (Lipinski definition) is 1. The molecule has 10 heteroatoms. The monoisotopic (exact) mass is 427 g/mol. The van der Waals surface area contributed by atoms with Gasteiger partial charge in [0.25, 0.3) is 0 Å². The zero-order valence-electron chi connectivity index (χ0n) is 16.4. The van der Waals surface area contributed by atoms with Crippen LogP contribution in [0, 0.1) is 22.7 Å². The fraction of sp³-hybridized carbons (Fsp3) is 0.556. The van der Waals surface area contributed by atoms with Crippen molar-refractivity contribution in [2.45, 2.75) is 51.9 Å². The van der Waals surface area contributed by atoms with E-state index in [-0.39, 0.29) is 35.5 Å². The van der Waals surface area contributed by atoms with Crippen LogP contribution in [0.3, 0.4) is 0 Å². The van der Waals surface area contributed by atoms with E-state index in [1.54, 1.807) is 20.8 Å². The molecule has 0 bridgehead atoms. The van der Waals surface area contributed by atoms with Crippen LogP contribution in [0.5, 0.6) is 0 Å². The van der Waals surface area contributed by atoms with Crippen molar-refractivity contribution in [3.8, 4) is 12.1 Å². The van der Waals surface area contributed by atoms with Crippen LogP contribution in [0.2, 0.25) is 0 Å². The van der Waals surface area contributed by atoms with Crippen LogP contribution in [0.15, 0.2) is 12.1 Å². The minimum atomic E-state index is -4.03. The molecule has 0 spiro atoms. The Balaban J connectivity index is 3.52. The van der Waals surface area contributed by atoms with Crippen LogP contribution in [0.25, 0.3) is 0 Å². The maximum absolute atomic E-state index is 12.4. The third kappa shape index (κ3) is 5.93. The molecule has 0 aliphatic rings. The molecule has 28 heavy (non-hydrogen) atoms. The second-order valence-electron chi connectivity index (χ2n) is 5.98. The first-order valence-electron chi connectivity index (χ1n) is 8.87. The van der Waals surface area contributed by atoms with Crippen molar-refractivity contribution in [1.29, 1.82) is 10.5 Å². The highest BCUT2D eigenvalue weighted by atomic mass is 31.2. The van der Waals surface area contributed by atoms with E-state index in [1.807, 2.05) is 19.1 Å². The molecule has 1 N–H and O–H groups in total. The molecule has 3 unspecified atom stereocenters. The van der Waals surface area contributed by atoms with E-state index in [1.165, 1.54) is 12.1 Å². The normalized spacial score (nSPS) is 14.8. The SMILES string of the molecule is CCOC(OCC)([PH+]=O)c1cc(C#N)c(CP(=O)(O)OC(C)CC)cc1C#N. The van der Waals surface area contributed by atoms with Crippen molar-refractivity contribution >= 4 is 16.1 Å². The molecule has 152 valence electrons. The van der Waals surface area contributed by atoms with Gasteiger partial charge in [0.1, 0.15) is 0 Å². The van der Waals surface area contributed by atoms with Crippen molar-refractivity contribution in [2.24, 2.45) is 0 Å². The lowest BCUT2D eigenvalue weighted by Crippen LogP contribution is -2.28. The molecule has 0 aliphatic carbocycles. The van der Waals surface area contributed by atoms with E-state index in [0.29, 0.717) is 6.42 Å². The summed E-state index contributed by atoms with van der Waals surface area (Å²) in [4.78, 5) is 10.1. The minimum absolute atomic E-state index is 0.0442. The van der Waals surface area contributed by atoms with Gasteiger partial charge in [-0.3, -0.25) is 4.57 Å². The first kappa shape index (κ1) is 24.4. The number of benzene rings is 1. The molecule has 0 saturated heterocycles. The number of ether oxygens (including phenoxy) is 2. The van der Waals surface area contributed by atoms with E-state index < -0.39 is 33.8 Å². The molecule has 1 aromatic carbocycles. The molecule has 1 aromatic rings. The molecule has 8 nitrogen and oxygen atoms in total. The maximum Gasteiger partial charge on any atom is 0.401 e. The van der Waals surface area contributed by atoms with E-state index in [2.05, 4.69) is 0 Å². The number of hydrogen-bond acceptors (Lipinski definition) is 7. The van der Waals surface area contributed by atoms with Crippen LogP contribution in [-0.4, -0.2) is 24.2 Å². The molecular weight excluding hydrogens is 402 g/mol. The molecule has 0 aliphatic heterocycles. The minimum Gasteiger partial charge on any atom is -0.324 e. The maximum atomic E-state index is 12.4. The van der Waals surface area contributed by atoms with E-state index in [4.69, 9.17) is 14.0 Å². The molecule has 0 fully saturated rings. The Morgan fingerprint density at radius 1 is 1.18 bits per heavy atom. The fourth-order valence-corrected chi connectivity index (χ4v) is 4.77. The largest absolute Gasteiger partial charge is 0.401 e. The quantitative estimate of drug-likeness (QED) is 0.412. The summed E-state index contributed by atoms with van der Waals surface area (Å²) in [5, 5.41) is 19.1. The van der Waals surface area contributed by atoms with Crippen molar-refractivity contribution in [2.75, 3.05) is 13.2 Å². The first-order chi connectivity index (χ1) is 13.2. The zero-order chi connectivity index (χ0) is 21.4. The van der Waals surface area contributed by atoms with Gasteiger partial charge >= 0.3 is 21.6 Å². The van der Waals surface area contributed by atoms with Gasteiger partial charge in [-0.1, -0.05) is 11.5 Å². The number of nitrogens with zero attached hydrogens (tertiary/aromatic N) is 2. The predicted molar refractivity (Wildman–Crippen MR) is 104 cm³/mol. The molecule has 0 radical (unpaired) electrons. The molecule has 0 saturated carbocycles. The van der Waals surface area contributed by atoms with Gasteiger partial charge < -0.3 is 18.9 Å². The Kier molecular flexibility index (Phi) is 9.40. The van der Waals surface area contributed by atoms with Crippen LogP contribution in [0.4, 0.5) is 0 Å². The molecule has 0 amide bonds. The van der Waals surface area contributed by atoms with Gasteiger partial charge in [0, 0.05) is 0 Å². The average molecular weight is 427 g/mol. The van der Waals surface area contributed by atoms with Gasteiger partial charge in [0.2, 0.25) is 0 Å². The van der Waals surface area contributed by atoms with Gasteiger partial charge in [0.15, 0.2) is 0 Å². The van der Waals surface area contributed by atoms with Crippen molar-refractivity contribution in [3.05, 3.63) is 34.4 Å². The van der Waals surface area contributed by atoms with Crippen LogP contribution in [-0.2, 0) is 34.8 Å². The Morgan fingerprint density at radius 3 is 2.18 bits per heavy atom. The summed E-state index contributed by atoms with van der Waals surface area (Å²) >= 11 is 0. The highest BCUT2D eigenvalue weighted by molar-refractivity contribution is 7.52. The number of rotatable bonds is 11. The van der Waals surface area contributed by atoms with E-state index >= 15 is 0 Å². The van der Waals surface area contributed by atoms with E-state index in [9.17, 15) is 24.5 Å². The third-order valence-electron chi connectivity index (χ3n) is 3.96. The topological polar surface area (TPSA) is 130 Å². The Hall–Kier alpha value is -1.63. The summed E-state index contributed by atoms with van der Waals surface area (Å²) in [7, 11) is -5.12.